The van der Waals surface area contributed by atoms with E-state index in [0.29, 0.717) is 11.1 Å². The largest absolute Gasteiger partial charge is 0.353 e. The van der Waals surface area contributed by atoms with Crippen LogP contribution in [-0.4, -0.2) is 51.9 Å². The van der Waals surface area contributed by atoms with E-state index in [1.165, 1.54) is 6.92 Å². The molecule has 0 heterocycles. The van der Waals surface area contributed by atoms with Crippen molar-refractivity contribution in [3.63, 3.8) is 0 Å². The van der Waals surface area contributed by atoms with Gasteiger partial charge in [-0.2, -0.15) is 0 Å². The van der Waals surface area contributed by atoms with E-state index >= 15 is 0 Å². The average Bonchev–Trinajstić information content (AvgIpc) is 2.79. The second kappa shape index (κ2) is 12.7. The van der Waals surface area contributed by atoms with Crippen molar-refractivity contribution < 1.29 is 24.0 Å². The quantitative estimate of drug-likeness (QED) is 0.562. The van der Waals surface area contributed by atoms with E-state index in [0.717, 1.165) is 23.5 Å². The van der Waals surface area contributed by atoms with Crippen LogP contribution in [0.15, 0.2) is 60.7 Å². The number of Topliss-reactive ketones (excluding diaryl/α,β-unsaturated/α-hetero) is 1. The molecule has 0 bridgehead atoms. The molecule has 0 aliphatic carbocycles. The molecule has 1 atom stereocenters. The highest BCUT2D eigenvalue weighted by atomic mass is 32.2. The summed E-state index contributed by atoms with van der Waals surface area (Å²) < 4.78 is 0. The van der Waals surface area contributed by atoms with Gasteiger partial charge in [0.1, 0.15) is 6.04 Å². The van der Waals surface area contributed by atoms with Crippen LogP contribution in [0.5, 0.6) is 0 Å². The van der Waals surface area contributed by atoms with Crippen molar-refractivity contribution in [1.82, 2.24) is 10.6 Å². The third-order valence-corrected chi connectivity index (χ3v) is 5.83. The maximum absolute atomic E-state index is 12.1. The minimum Gasteiger partial charge on any atom is -0.353 e. The number of carbonyl (C=O) groups is 5. The molecule has 2 aromatic rings. The van der Waals surface area contributed by atoms with Crippen LogP contribution in [-0.2, 0) is 14.4 Å². The topological polar surface area (TPSA) is 109 Å². The number of amides is 2. The molecule has 31 heavy (non-hydrogen) atoms. The van der Waals surface area contributed by atoms with Crippen LogP contribution < -0.4 is 10.6 Å². The van der Waals surface area contributed by atoms with Crippen molar-refractivity contribution in [2.75, 3.05) is 18.1 Å². The van der Waals surface area contributed by atoms with Gasteiger partial charge in [-0.1, -0.05) is 84.2 Å². The fourth-order valence-corrected chi connectivity index (χ4v) is 3.69. The number of rotatable bonds is 10. The molecular formula is C22H22N2O5S2. The van der Waals surface area contributed by atoms with E-state index in [-0.39, 0.29) is 34.1 Å². The fourth-order valence-electron chi connectivity index (χ4n) is 2.38. The predicted molar refractivity (Wildman–Crippen MR) is 122 cm³/mol. The molecule has 0 saturated carbocycles. The monoisotopic (exact) mass is 458 g/mol. The standard InChI is InChI=1S/C22H22N2O5S2/c1-15(25)18(24-20(27)14-31-22(29)17-10-6-3-7-11-17)12-23-19(26)13-30-21(28)16-8-4-2-5-9-16/h2-11,18H,12-14H2,1H3,(H,23,26)(H,24,27). The van der Waals surface area contributed by atoms with E-state index in [4.69, 9.17) is 0 Å². The molecule has 2 aromatic carbocycles. The molecule has 7 nitrogen and oxygen atoms in total. The van der Waals surface area contributed by atoms with Gasteiger partial charge >= 0.3 is 0 Å². The Morgan fingerprint density at radius 3 is 1.65 bits per heavy atom. The normalized spacial score (nSPS) is 11.3. The van der Waals surface area contributed by atoms with Crippen LogP contribution in [0.25, 0.3) is 0 Å². The number of hydrogen-bond acceptors (Lipinski definition) is 7. The zero-order valence-electron chi connectivity index (χ0n) is 16.8. The van der Waals surface area contributed by atoms with Gasteiger partial charge in [-0.15, -0.1) is 0 Å². The summed E-state index contributed by atoms with van der Waals surface area (Å²) in [6.45, 7) is 1.20. The molecule has 1 unspecified atom stereocenters. The van der Waals surface area contributed by atoms with Gasteiger partial charge in [0.15, 0.2) is 5.78 Å². The van der Waals surface area contributed by atoms with Crippen molar-refractivity contribution in [1.29, 1.82) is 0 Å². The highest BCUT2D eigenvalue weighted by molar-refractivity contribution is 8.14. The van der Waals surface area contributed by atoms with E-state index in [2.05, 4.69) is 10.6 Å². The molecule has 2 rings (SSSR count). The Bertz CT molecular complexity index is 935. The van der Waals surface area contributed by atoms with E-state index in [9.17, 15) is 24.0 Å². The number of thioether (sulfide) groups is 2. The van der Waals surface area contributed by atoms with Gasteiger partial charge in [0, 0.05) is 17.7 Å². The van der Waals surface area contributed by atoms with Crippen LogP contribution in [0.1, 0.15) is 27.6 Å². The summed E-state index contributed by atoms with van der Waals surface area (Å²) in [5.74, 6) is -1.50. The zero-order chi connectivity index (χ0) is 22.6. The molecule has 0 radical (unpaired) electrons. The van der Waals surface area contributed by atoms with Crippen molar-refractivity contribution in [3.05, 3.63) is 71.8 Å². The predicted octanol–water partition coefficient (Wildman–Crippen LogP) is 2.32. The second-order valence-electron chi connectivity index (χ2n) is 6.42. The maximum atomic E-state index is 12.1. The average molecular weight is 459 g/mol. The van der Waals surface area contributed by atoms with Crippen LogP contribution in [0, 0.1) is 0 Å². The van der Waals surface area contributed by atoms with Gasteiger partial charge in [0.2, 0.25) is 22.0 Å². The minimum absolute atomic E-state index is 0.0999. The molecule has 0 aliphatic heterocycles. The SMILES string of the molecule is CC(=O)C(CNC(=O)CSC(=O)c1ccccc1)NC(=O)CSC(=O)c1ccccc1. The van der Waals surface area contributed by atoms with Crippen molar-refractivity contribution >= 4 is 51.4 Å². The van der Waals surface area contributed by atoms with Crippen molar-refractivity contribution in [2.24, 2.45) is 0 Å². The van der Waals surface area contributed by atoms with Gasteiger partial charge < -0.3 is 10.6 Å². The lowest BCUT2D eigenvalue weighted by molar-refractivity contribution is -0.126. The van der Waals surface area contributed by atoms with Crippen LogP contribution >= 0.6 is 23.5 Å². The molecule has 0 aliphatic rings. The summed E-state index contributed by atoms with van der Waals surface area (Å²) in [4.78, 5) is 60.0. The molecular weight excluding hydrogens is 436 g/mol. The Balaban J connectivity index is 1.74. The lowest BCUT2D eigenvalue weighted by Crippen LogP contribution is -2.48. The molecule has 2 amide bonds. The number of ketones is 1. The first-order chi connectivity index (χ1) is 14.9. The first-order valence-electron chi connectivity index (χ1n) is 9.37. The third-order valence-electron chi connectivity index (χ3n) is 4.02. The minimum atomic E-state index is -0.918. The molecule has 0 aromatic heterocycles. The Labute approximate surface area is 188 Å². The third kappa shape index (κ3) is 8.77. The molecule has 0 fully saturated rings. The summed E-state index contributed by atoms with van der Waals surface area (Å²) in [6.07, 6.45) is 0. The number of benzene rings is 2. The van der Waals surface area contributed by atoms with E-state index in [1.807, 2.05) is 0 Å². The highest BCUT2D eigenvalue weighted by Gasteiger charge is 2.19. The summed E-state index contributed by atoms with van der Waals surface area (Å²) in [5.41, 5.74) is 0.981. The lowest BCUT2D eigenvalue weighted by Gasteiger charge is -2.16. The first kappa shape index (κ1) is 24.4. The van der Waals surface area contributed by atoms with Gasteiger partial charge in [-0.05, 0) is 6.92 Å². The Morgan fingerprint density at radius 2 is 1.19 bits per heavy atom. The highest BCUT2D eigenvalue weighted by Crippen LogP contribution is 2.12. The van der Waals surface area contributed by atoms with E-state index in [1.54, 1.807) is 60.7 Å². The fraction of sp³-hybridized carbons (Fsp3) is 0.227. The summed E-state index contributed by atoms with van der Waals surface area (Å²) in [6, 6.07) is 16.2. The van der Waals surface area contributed by atoms with Gasteiger partial charge in [-0.3, -0.25) is 24.0 Å². The molecule has 162 valence electrons. The van der Waals surface area contributed by atoms with Gasteiger partial charge in [0.05, 0.1) is 11.5 Å². The van der Waals surface area contributed by atoms with Crippen LogP contribution in [0.2, 0.25) is 0 Å². The lowest BCUT2D eigenvalue weighted by atomic mass is 10.2. The maximum Gasteiger partial charge on any atom is 0.231 e. The Morgan fingerprint density at radius 1 is 0.742 bits per heavy atom. The molecule has 0 spiro atoms. The van der Waals surface area contributed by atoms with Crippen LogP contribution in [0.4, 0.5) is 0 Å². The summed E-state index contributed by atoms with van der Waals surface area (Å²) >= 11 is 1.69. The van der Waals surface area contributed by atoms with E-state index < -0.39 is 17.9 Å². The zero-order valence-corrected chi connectivity index (χ0v) is 18.5. The number of nitrogens with one attached hydrogen (secondary N) is 2. The summed E-state index contributed by atoms with van der Waals surface area (Å²) in [7, 11) is 0. The summed E-state index contributed by atoms with van der Waals surface area (Å²) in [5, 5.41) is 4.59. The number of hydrogen-bond donors (Lipinski definition) is 2. The Kier molecular flexibility index (Phi) is 9.99. The van der Waals surface area contributed by atoms with Crippen molar-refractivity contribution in [2.45, 2.75) is 13.0 Å². The van der Waals surface area contributed by atoms with Crippen LogP contribution in [0.3, 0.4) is 0 Å². The molecule has 0 saturated heterocycles. The Hall–Kier alpha value is -2.91. The van der Waals surface area contributed by atoms with Crippen molar-refractivity contribution in [3.8, 4) is 0 Å². The van der Waals surface area contributed by atoms with Gasteiger partial charge in [-0.25, -0.2) is 0 Å². The second-order valence-corrected chi connectivity index (χ2v) is 8.32. The molecule has 2 N–H and O–H groups in total. The van der Waals surface area contributed by atoms with Gasteiger partial charge in [0.25, 0.3) is 0 Å². The molecule has 9 heteroatoms. The smallest absolute Gasteiger partial charge is 0.231 e. The number of carbonyl (C=O) groups excluding carboxylic acids is 5. The first-order valence-corrected chi connectivity index (χ1v) is 11.3.